The van der Waals surface area contributed by atoms with E-state index < -0.39 is 5.97 Å². The average molecular weight is 290 g/mol. The van der Waals surface area contributed by atoms with Crippen molar-refractivity contribution in [2.24, 2.45) is 0 Å². The van der Waals surface area contributed by atoms with E-state index in [-0.39, 0.29) is 18.0 Å². The molecule has 0 unspecified atom stereocenters. The van der Waals surface area contributed by atoms with Crippen molar-refractivity contribution < 1.29 is 19.0 Å². The van der Waals surface area contributed by atoms with Gasteiger partial charge in [-0.2, -0.15) is 9.97 Å². The van der Waals surface area contributed by atoms with Crippen molar-refractivity contribution >= 4 is 17.6 Å². The number of methoxy groups -OCH3 is 3. The second-order valence-electron chi connectivity index (χ2n) is 3.83. The molecule has 0 amide bonds. The van der Waals surface area contributed by atoms with Crippen LogP contribution in [-0.2, 0) is 4.74 Å². The van der Waals surface area contributed by atoms with Crippen molar-refractivity contribution in [1.29, 1.82) is 0 Å². The predicted octanol–water partition coefficient (Wildman–Crippen LogP) is 1.42. The highest BCUT2D eigenvalue weighted by Crippen LogP contribution is 2.18. The first-order chi connectivity index (χ1) is 10.2. The lowest BCUT2D eigenvalue weighted by Crippen LogP contribution is -2.04. The Hall–Kier alpha value is -2.90. The third-order valence-corrected chi connectivity index (χ3v) is 2.52. The van der Waals surface area contributed by atoms with Crippen LogP contribution in [0, 0.1) is 0 Å². The van der Waals surface area contributed by atoms with Gasteiger partial charge in [-0.1, -0.05) is 0 Å². The van der Waals surface area contributed by atoms with Crippen molar-refractivity contribution in [3.8, 4) is 12.0 Å². The summed E-state index contributed by atoms with van der Waals surface area (Å²) in [6, 6.07) is 6.93. The predicted molar refractivity (Wildman–Crippen MR) is 74.0 cm³/mol. The van der Waals surface area contributed by atoms with E-state index in [4.69, 9.17) is 9.47 Å². The quantitative estimate of drug-likeness (QED) is 0.826. The number of esters is 1. The fourth-order valence-corrected chi connectivity index (χ4v) is 1.51. The van der Waals surface area contributed by atoms with Crippen LogP contribution in [0.4, 0.5) is 11.6 Å². The minimum Gasteiger partial charge on any atom is -0.467 e. The number of rotatable bonds is 5. The van der Waals surface area contributed by atoms with Gasteiger partial charge in [-0.15, -0.1) is 4.98 Å². The van der Waals surface area contributed by atoms with Gasteiger partial charge in [0, 0.05) is 5.69 Å². The van der Waals surface area contributed by atoms with Crippen molar-refractivity contribution in [3.05, 3.63) is 29.8 Å². The molecular formula is C13H14N4O4. The summed E-state index contributed by atoms with van der Waals surface area (Å²) in [7, 11) is 4.23. The SMILES string of the molecule is COC(=O)c1ccc(Nc2nc(OC)nc(OC)n2)cc1. The number of carbonyl (C=O) groups is 1. The van der Waals surface area contributed by atoms with E-state index >= 15 is 0 Å². The van der Waals surface area contributed by atoms with E-state index in [2.05, 4.69) is 25.0 Å². The van der Waals surface area contributed by atoms with Gasteiger partial charge in [0.2, 0.25) is 5.95 Å². The van der Waals surface area contributed by atoms with Crippen LogP contribution in [0.1, 0.15) is 10.4 Å². The normalized spacial score (nSPS) is 9.86. The molecule has 2 rings (SSSR count). The highest BCUT2D eigenvalue weighted by atomic mass is 16.5. The van der Waals surface area contributed by atoms with Gasteiger partial charge in [-0.3, -0.25) is 0 Å². The fourth-order valence-electron chi connectivity index (χ4n) is 1.51. The summed E-state index contributed by atoms with van der Waals surface area (Å²) in [5, 5.41) is 2.96. The molecule has 110 valence electrons. The maximum atomic E-state index is 11.3. The van der Waals surface area contributed by atoms with E-state index in [9.17, 15) is 4.79 Å². The molecule has 8 heteroatoms. The smallest absolute Gasteiger partial charge is 0.337 e. The molecule has 0 aliphatic rings. The Morgan fingerprint density at radius 3 is 2.00 bits per heavy atom. The molecule has 1 heterocycles. The van der Waals surface area contributed by atoms with Crippen LogP contribution in [-0.4, -0.2) is 42.3 Å². The van der Waals surface area contributed by atoms with Crippen molar-refractivity contribution in [1.82, 2.24) is 15.0 Å². The van der Waals surface area contributed by atoms with Crippen LogP contribution in [0.3, 0.4) is 0 Å². The average Bonchev–Trinajstić information content (AvgIpc) is 2.54. The minimum atomic E-state index is -0.398. The van der Waals surface area contributed by atoms with E-state index in [1.165, 1.54) is 21.3 Å². The van der Waals surface area contributed by atoms with Crippen LogP contribution in [0.5, 0.6) is 12.0 Å². The molecule has 0 bridgehead atoms. The maximum Gasteiger partial charge on any atom is 0.337 e. The van der Waals surface area contributed by atoms with Gasteiger partial charge < -0.3 is 19.5 Å². The van der Waals surface area contributed by atoms with Crippen LogP contribution in [0.25, 0.3) is 0 Å². The van der Waals surface area contributed by atoms with Crippen LogP contribution < -0.4 is 14.8 Å². The Labute approximate surface area is 121 Å². The molecule has 0 atom stereocenters. The summed E-state index contributed by atoms with van der Waals surface area (Å²) in [4.78, 5) is 23.3. The minimum absolute atomic E-state index is 0.135. The molecule has 1 aromatic carbocycles. The highest BCUT2D eigenvalue weighted by Gasteiger charge is 2.08. The topological polar surface area (TPSA) is 95.5 Å². The molecule has 1 aromatic heterocycles. The zero-order valence-electron chi connectivity index (χ0n) is 11.8. The van der Waals surface area contributed by atoms with Crippen LogP contribution in [0.15, 0.2) is 24.3 Å². The number of aromatic nitrogens is 3. The Morgan fingerprint density at radius 1 is 0.952 bits per heavy atom. The van der Waals surface area contributed by atoms with Gasteiger partial charge >= 0.3 is 18.0 Å². The van der Waals surface area contributed by atoms with Crippen LogP contribution >= 0.6 is 0 Å². The second-order valence-corrected chi connectivity index (χ2v) is 3.83. The summed E-state index contributed by atoms with van der Waals surface area (Å²) in [6.07, 6.45) is 0. The lowest BCUT2D eigenvalue weighted by atomic mass is 10.2. The molecule has 21 heavy (non-hydrogen) atoms. The number of nitrogens with zero attached hydrogens (tertiary/aromatic N) is 3. The summed E-state index contributed by atoms with van der Waals surface area (Å²) in [6.45, 7) is 0. The van der Waals surface area contributed by atoms with Gasteiger partial charge in [0.1, 0.15) is 0 Å². The van der Waals surface area contributed by atoms with Crippen molar-refractivity contribution in [2.45, 2.75) is 0 Å². The molecule has 0 saturated carbocycles. The first kappa shape index (κ1) is 14.5. The molecule has 0 aliphatic heterocycles. The van der Waals surface area contributed by atoms with Crippen LogP contribution in [0.2, 0.25) is 0 Å². The zero-order chi connectivity index (χ0) is 15.2. The van der Waals surface area contributed by atoms with Crippen molar-refractivity contribution in [2.75, 3.05) is 26.6 Å². The number of anilines is 2. The monoisotopic (exact) mass is 290 g/mol. The maximum absolute atomic E-state index is 11.3. The Kier molecular flexibility index (Phi) is 4.50. The van der Waals surface area contributed by atoms with E-state index in [0.717, 1.165) is 0 Å². The summed E-state index contributed by atoms with van der Waals surface area (Å²) >= 11 is 0. The number of hydrogen-bond donors (Lipinski definition) is 1. The van der Waals surface area contributed by atoms with E-state index in [1.54, 1.807) is 24.3 Å². The number of ether oxygens (including phenoxy) is 3. The molecule has 8 nitrogen and oxygen atoms in total. The molecule has 0 saturated heterocycles. The standard InChI is InChI=1S/C13H14N4O4/c1-19-10(18)8-4-6-9(7-5-8)14-11-15-12(20-2)17-13(16-11)21-3/h4-7H,1-3H3,(H,14,15,16,17). The van der Waals surface area contributed by atoms with E-state index in [1.807, 2.05) is 0 Å². The number of carbonyl (C=O) groups excluding carboxylic acids is 1. The molecule has 0 spiro atoms. The largest absolute Gasteiger partial charge is 0.467 e. The molecule has 1 N–H and O–H groups in total. The zero-order valence-corrected chi connectivity index (χ0v) is 11.8. The molecule has 0 aliphatic carbocycles. The summed E-state index contributed by atoms with van der Waals surface area (Å²) in [5.41, 5.74) is 1.15. The van der Waals surface area contributed by atoms with Gasteiger partial charge in [0.05, 0.1) is 26.9 Å². The van der Waals surface area contributed by atoms with Gasteiger partial charge in [-0.05, 0) is 24.3 Å². The molecule has 0 fully saturated rings. The first-order valence-electron chi connectivity index (χ1n) is 5.95. The Morgan fingerprint density at radius 2 is 1.52 bits per heavy atom. The van der Waals surface area contributed by atoms with Crippen molar-refractivity contribution in [3.63, 3.8) is 0 Å². The van der Waals surface area contributed by atoms with Gasteiger partial charge in [-0.25, -0.2) is 4.79 Å². The van der Waals surface area contributed by atoms with Gasteiger partial charge in [0.25, 0.3) is 0 Å². The highest BCUT2D eigenvalue weighted by molar-refractivity contribution is 5.89. The Bertz CT molecular complexity index is 608. The lowest BCUT2D eigenvalue weighted by Gasteiger charge is -2.07. The fraction of sp³-hybridized carbons (Fsp3) is 0.231. The summed E-state index contributed by atoms with van der Waals surface area (Å²) in [5.74, 6) is -0.130. The van der Waals surface area contributed by atoms with Gasteiger partial charge in [0.15, 0.2) is 0 Å². The van der Waals surface area contributed by atoms with E-state index in [0.29, 0.717) is 11.3 Å². The lowest BCUT2D eigenvalue weighted by molar-refractivity contribution is 0.0601. The number of benzene rings is 1. The molecular weight excluding hydrogens is 276 g/mol. The Balaban J connectivity index is 2.19. The second kappa shape index (κ2) is 6.51. The number of nitrogens with one attached hydrogen (secondary N) is 1. The third-order valence-electron chi connectivity index (χ3n) is 2.52. The third kappa shape index (κ3) is 3.56. The molecule has 2 aromatic rings. The first-order valence-corrected chi connectivity index (χ1v) is 5.95. The molecule has 0 radical (unpaired) electrons. The summed E-state index contributed by atoms with van der Waals surface area (Å²) < 4.78 is 14.5. The number of hydrogen-bond acceptors (Lipinski definition) is 8.